The second-order valence-electron chi connectivity index (χ2n) is 5.60. The molecule has 0 bridgehead atoms. The molecule has 4 nitrogen and oxygen atoms in total. The third-order valence-corrected chi connectivity index (χ3v) is 3.33. The van der Waals surface area contributed by atoms with Gasteiger partial charge >= 0.3 is 0 Å². The van der Waals surface area contributed by atoms with E-state index in [-0.39, 0.29) is 17.4 Å². The fourth-order valence-electron chi connectivity index (χ4n) is 1.85. The highest BCUT2D eigenvalue weighted by atomic mass is 16.2. The Morgan fingerprint density at radius 1 is 1.25 bits per heavy atom. The molecule has 0 aromatic heterocycles. The Kier molecular flexibility index (Phi) is 4.33. The molecule has 0 spiro atoms. The summed E-state index contributed by atoms with van der Waals surface area (Å²) in [7, 11) is 0. The van der Waals surface area contributed by atoms with Crippen LogP contribution in [-0.4, -0.2) is 54.5 Å². The van der Waals surface area contributed by atoms with Gasteiger partial charge in [0.2, 0.25) is 5.91 Å². The quantitative estimate of drug-likeness (QED) is 0.748. The van der Waals surface area contributed by atoms with Gasteiger partial charge in [-0.2, -0.15) is 0 Å². The summed E-state index contributed by atoms with van der Waals surface area (Å²) in [6.45, 7) is 12.8. The maximum absolute atomic E-state index is 12.1. The van der Waals surface area contributed by atoms with Crippen molar-refractivity contribution >= 4 is 5.91 Å². The number of hydrogen-bond donors (Lipinski definition) is 1. The summed E-state index contributed by atoms with van der Waals surface area (Å²) in [6.07, 6.45) is 0. The fraction of sp³-hybridized carbons (Fsp3) is 0.917. The number of piperazine rings is 1. The first-order valence-corrected chi connectivity index (χ1v) is 6.13. The SMILES string of the molecule is CCN1CCN(C(=O)C(N)C(C)(C)C)CC1. The van der Waals surface area contributed by atoms with Gasteiger partial charge in [0.15, 0.2) is 0 Å². The Morgan fingerprint density at radius 2 is 1.75 bits per heavy atom. The van der Waals surface area contributed by atoms with Gasteiger partial charge in [-0.1, -0.05) is 27.7 Å². The van der Waals surface area contributed by atoms with Gasteiger partial charge in [-0.15, -0.1) is 0 Å². The van der Waals surface area contributed by atoms with E-state index in [1.165, 1.54) is 0 Å². The predicted octanol–water partition coefficient (Wildman–Crippen LogP) is 0.524. The average Bonchev–Trinajstić information content (AvgIpc) is 2.26. The van der Waals surface area contributed by atoms with Crippen molar-refractivity contribution in [1.29, 1.82) is 0 Å². The Hall–Kier alpha value is -0.610. The van der Waals surface area contributed by atoms with E-state index in [0.717, 1.165) is 32.7 Å². The molecule has 0 aromatic carbocycles. The lowest BCUT2D eigenvalue weighted by molar-refractivity contribution is -0.136. The maximum Gasteiger partial charge on any atom is 0.240 e. The molecule has 1 amide bonds. The minimum atomic E-state index is -0.388. The molecule has 1 saturated heterocycles. The van der Waals surface area contributed by atoms with Crippen molar-refractivity contribution in [3.63, 3.8) is 0 Å². The molecular formula is C12H25N3O. The van der Waals surface area contributed by atoms with Crippen molar-refractivity contribution < 1.29 is 4.79 Å². The molecular weight excluding hydrogens is 202 g/mol. The summed E-state index contributed by atoms with van der Waals surface area (Å²) < 4.78 is 0. The van der Waals surface area contributed by atoms with Crippen LogP contribution in [0.4, 0.5) is 0 Å². The first-order valence-electron chi connectivity index (χ1n) is 6.13. The van der Waals surface area contributed by atoms with Gasteiger partial charge in [0.25, 0.3) is 0 Å². The number of carbonyl (C=O) groups is 1. The van der Waals surface area contributed by atoms with Gasteiger partial charge < -0.3 is 15.5 Å². The standard InChI is InChI=1S/C12H25N3O/c1-5-14-6-8-15(9-7-14)11(16)10(13)12(2,3)4/h10H,5-9,13H2,1-4H3. The number of hydrogen-bond acceptors (Lipinski definition) is 3. The molecule has 1 rings (SSSR count). The third kappa shape index (κ3) is 3.19. The molecule has 0 aromatic rings. The van der Waals surface area contributed by atoms with Crippen LogP contribution in [0.1, 0.15) is 27.7 Å². The summed E-state index contributed by atoms with van der Waals surface area (Å²) >= 11 is 0. The van der Waals surface area contributed by atoms with E-state index in [4.69, 9.17) is 5.73 Å². The normalized spacial score (nSPS) is 20.9. The number of nitrogens with two attached hydrogens (primary N) is 1. The first-order chi connectivity index (χ1) is 7.36. The van der Waals surface area contributed by atoms with Gasteiger partial charge in [-0.25, -0.2) is 0 Å². The number of likely N-dealkylation sites (N-methyl/N-ethyl adjacent to an activating group) is 1. The summed E-state index contributed by atoms with van der Waals surface area (Å²) in [6, 6.07) is -0.388. The summed E-state index contributed by atoms with van der Waals surface area (Å²) in [5.74, 6) is 0.100. The molecule has 1 fully saturated rings. The number of amides is 1. The maximum atomic E-state index is 12.1. The minimum absolute atomic E-state index is 0.100. The second kappa shape index (κ2) is 5.15. The Labute approximate surface area is 98.8 Å². The van der Waals surface area contributed by atoms with Gasteiger partial charge in [0.1, 0.15) is 0 Å². The van der Waals surface area contributed by atoms with Crippen molar-refractivity contribution in [3.05, 3.63) is 0 Å². The molecule has 1 aliphatic heterocycles. The average molecular weight is 227 g/mol. The monoisotopic (exact) mass is 227 g/mol. The highest BCUT2D eigenvalue weighted by molar-refractivity contribution is 5.82. The zero-order chi connectivity index (χ0) is 12.3. The van der Waals surface area contributed by atoms with E-state index in [0.29, 0.717) is 0 Å². The van der Waals surface area contributed by atoms with E-state index in [1.807, 2.05) is 25.7 Å². The fourth-order valence-corrected chi connectivity index (χ4v) is 1.85. The molecule has 4 heteroatoms. The largest absolute Gasteiger partial charge is 0.339 e. The zero-order valence-electron chi connectivity index (χ0n) is 11.0. The van der Waals surface area contributed by atoms with Crippen molar-refractivity contribution in [1.82, 2.24) is 9.80 Å². The molecule has 0 saturated carbocycles. The molecule has 1 heterocycles. The van der Waals surface area contributed by atoms with E-state index in [2.05, 4.69) is 11.8 Å². The lowest BCUT2D eigenvalue weighted by Crippen LogP contribution is -2.56. The van der Waals surface area contributed by atoms with Gasteiger partial charge in [0, 0.05) is 26.2 Å². The summed E-state index contributed by atoms with van der Waals surface area (Å²) in [4.78, 5) is 16.4. The molecule has 1 unspecified atom stereocenters. The first kappa shape index (κ1) is 13.5. The van der Waals surface area contributed by atoms with E-state index in [9.17, 15) is 4.79 Å². The van der Waals surface area contributed by atoms with Crippen molar-refractivity contribution in [2.24, 2.45) is 11.1 Å². The van der Waals surface area contributed by atoms with Gasteiger partial charge in [-0.05, 0) is 12.0 Å². The van der Waals surface area contributed by atoms with Crippen LogP contribution in [0.3, 0.4) is 0 Å². The van der Waals surface area contributed by atoms with Crippen molar-refractivity contribution in [3.8, 4) is 0 Å². The molecule has 0 aliphatic carbocycles. The van der Waals surface area contributed by atoms with E-state index in [1.54, 1.807) is 0 Å². The van der Waals surface area contributed by atoms with Crippen LogP contribution in [0.25, 0.3) is 0 Å². The highest BCUT2D eigenvalue weighted by Crippen LogP contribution is 2.19. The van der Waals surface area contributed by atoms with Crippen LogP contribution in [0.15, 0.2) is 0 Å². The van der Waals surface area contributed by atoms with E-state index >= 15 is 0 Å². The van der Waals surface area contributed by atoms with Crippen LogP contribution < -0.4 is 5.73 Å². The zero-order valence-corrected chi connectivity index (χ0v) is 11.0. The molecule has 0 radical (unpaired) electrons. The van der Waals surface area contributed by atoms with E-state index < -0.39 is 0 Å². The second-order valence-corrected chi connectivity index (χ2v) is 5.60. The predicted molar refractivity (Wildman–Crippen MR) is 66.1 cm³/mol. The van der Waals surface area contributed by atoms with Crippen LogP contribution in [0, 0.1) is 5.41 Å². The van der Waals surface area contributed by atoms with Gasteiger partial charge in [0.05, 0.1) is 6.04 Å². The molecule has 2 N–H and O–H groups in total. The van der Waals surface area contributed by atoms with Crippen LogP contribution in [0.2, 0.25) is 0 Å². The number of rotatable bonds is 2. The molecule has 1 atom stereocenters. The Bertz CT molecular complexity index is 239. The minimum Gasteiger partial charge on any atom is -0.339 e. The molecule has 94 valence electrons. The van der Waals surface area contributed by atoms with Crippen LogP contribution >= 0.6 is 0 Å². The summed E-state index contributed by atoms with van der Waals surface area (Å²) in [5, 5.41) is 0. The molecule has 1 aliphatic rings. The number of nitrogens with zero attached hydrogens (tertiary/aromatic N) is 2. The molecule has 16 heavy (non-hydrogen) atoms. The topological polar surface area (TPSA) is 49.6 Å². The highest BCUT2D eigenvalue weighted by Gasteiger charge is 2.32. The van der Waals surface area contributed by atoms with Crippen molar-refractivity contribution in [2.45, 2.75) is 33.7 Å². The lowest BCUT2D eigenvalue weighted by Gasteiger charge is -2.37. The smallest absolute Gasteiger partial charge is 0.240 e. The van der Waals surface area contributed by atoms with Crippen molar-refractivity contribution in [2.75, 3.05) is 32.7 Å². The lowest BCUT2D eigenvalue weighted by atomic mass is 9.86. The summed E-state index contributed by atoms with van der Waals surface area (Å²) in [5.41, 5.74) is 5.83. The Morgan fingerprint density at radius 3 is 2.12 bits per heavy atom. The van der Waals surface area contributed by atoms with Crippen LogP contribution in [0.5, 0.6) is 0 Å². The third-order valence-electron chi connectivity index (χ3n) is 3.33. The Balaban J connectivity index is 2.51. The van der Waals surface area contributed by atoms with Gasteiger partial charge in [-0.3, -0.25) is 4.79 Å². The van der Waals surface area contributed by atoms with Crippen LogP contribution in [-0.2, 0) is 4.79 Å². The number of carbonyl (C=O) groups excluding carboxylic acids is 1.